The Morgan fingerprint density at radius 1 is 1.43 bits per heavy atom. The van der Waals surface area contributed by atoms with E-state index in [1.807, 2.05) is 18.2 Å². The summed E-state index contributed by atoms with van der Waals surface area (Å²) in [4.78, 5) is 27.7. The van der Waals surface area contributed by atoms with Crippen LogP contribution in [0.5, 0.6) is 0 Å². The van der Waals surface area contributed by atoms with Crippen molar-refractivity contribution in [1.82, 2.24) is 10.3 Å². The summed E-state index contributed by atoms with van der Waals surface area (Å²) in [6, 6.07) is 5.41. The molecule has 0 saturated heterocycles. The Labute approximate surface area is 122 Å². The van der Waals surface area contributed by atoms with Gasteiger partial charge in [0.2, 0.25) is 0 Å². The van der Waals surface area contributed by atoms with Gasteiger partial charge in [-0.2, -0.15) is 0 Å². The molecule has 2 aromatic heterocycles. The fourth-order valence-corrected chi connectivity index (χ4v) is 1.95. The first-order chi connectivity index (χ1) is 10.1. The fraction of sp³-hybridized carbons (Fsp3) is 0.188. The van der Waals surface area contributed by atoms with Crippen LogP contribution in [-0.2, 0) is 0 Å². The van der Waals surface area contributed by atoms with Crippen molar-refractivity contribution in [3.63, 3.8) is 0 Å². The van der Waals surface area contributed by atoms with E-state index in [-0.39, 0.29) is 5.56 Å². The number of nitrogens with one attached hydrogen (secondary N) is 1. The number of aromatic nitrogens is 1. The molecule has 0 saturated carbocycles. The largest absolute Gasteiger partial charge is 0.428 e. The minimum atomic E-state index is -0.610. The third-order valence-corrected chi connectivity index (χ3v) is 2.87. The summed E-state index contributed by atoms with van der Waals surface area (Å²) >= 11 is 0. The zero-order valence-electron chi connectivity index (χ0n) is 11.9. The SMILES string of the molecule is Cc1cc(C)c(C(=O)NC/C=C/c2cccnc2)c(=O)o1. The number of carbonyl (C=O) groups excluding carboxylic acids is 1. The normalized spacial score (nSPS) is 10.8. The molecule has 0 aromatic carbocycles. The Hall–Kier alpha value is -2.69. The number of aryl methyl sites for hydroxylation is 2. The summed E-state index contributed by atoms with van der Waals surface area (Å²) in [5.74, 6) is 0.0580. The molecule has 0 radical (unpaired) electrons. The number of pyridine rings is 1. The van der Waals surface area contributed by atoms with Crippen LogP contribution in [0, 0.1) is 13.8 Å². The lowest BCUT2D eigenvalue weighted by atomic mass is 10.1. The van der Waals surface area contributed by atoms with Crippen LogP contribution in [0.1, 0.15) is 27.2 Å². The molecular weight excluding hydrogens is 268 g/mol. The van der Waals surface area contributed by atoms with Gasteiger partial charge in [0.25, 0.3) is 5.91 Å². The molecule has 5 nitrogen and oxygen atoms in total. The van der Waals surface area contributed by atoms with E-state index >= 15 is 0 Å². The molecule has 0 aliphatic heterocycles. The van der Waals surface area contributed by atoms with Crippen molar-refractivity contribution >= 4 is 12.0 Å². The van der Waals surface area contributed by atoms with Crippen molar-refractivity contribution in [3.05, 3.63) is 69.5 Å². The van der Waals surface area contributed by atoms with Crippen molar-refractivity contribution in [2.75, 3.05) is 6.54 Å². The molecule has 1 amide bonds. The highest BCUT2D eigenvalue weighted by atomic mass is 16.4. The van der Waals surface area contributed by atoms with E-state index in [0.717, 1.165) is 5.56 Å². The summed E-state index contributed by atoms with van der Waals surface area (Å²) in [5, 5.41) is 2.66. The van der Waals surface area contributed by atoms with Gasteiger partial charge < -0.3 is 9.73 Å². The predicted octanol–water partition coefficient (Wildman–Crippen LogP) is 2.09. The molecule has 2 heterocycles. The minimum Gasteiger partial charge on any atom is -0.428 e. The predicted molar refractivity (Wildman–Crippen MR) is 80.1 cm³/mol. The van der Waals surface area contributed by atoms with E-state index in [4.69, 9.17) is 4.42 Å². The molecule has 108 valence electrons. The number of carbonyl (C=O) groups is 1. The van der Waals surface area contributed by atoms with E-state index < -0.39 is 11.5 Å². The zero-order valence-corrected chi connectivity index (χ0v) is 11.9. The summed E-state index contributed by atoms with van der Waals surface area (Å²) < 4.78 is 4.94. The van der Waals surface area contributed by atoms with E-state index in [1.165, 1.54) is 0 Å². The molecule has 0 spiro atoms. The maximum absolute atomic E-state index is 12.0. The van der Waals surface area contributed by atoms with E-state index in [9.17, 15) is 9.59 Å². The van der Waals surface area contributed by atoms with Crippen LogP contribution in [0.4, 0.5) is 0 Å². The first-order valence-corrected chi connectivity index (χ1v) is 6.54. The molecular formula is C16H16N2O3. The van der Waals surface area contributed by atoms with Gasteiger partial charge in [0.15, 0.2) is 0 Å². The smallest absolute Gasteiger partial charge is 0.349 e. The molecule has 0 fully saturated rings. The van der Waals surface area contributed by atoms with Gasteiger partial charge in [0.05, 0.1) is 0 Å². The molecule has 0 bridgehead atoms. The highest BCUT2D eigenvalue weighted by molar-refractivity contribution is 5.95. The fourth-order valence-electron chi connectivity index (χ4n) is 1.95. The number of hydrogen-bond acceptors (Lipinski definition) is 4. The van der Waals surface area contributed by atoms with Crippen LogP contribution in [0.25, 0.3) is 6.08 Å². The number of rotatable bonds is 4. The quantitative estimate of drug-likeness (QED) is 0.933. The summed E-state index contributed by atoms with van der Waals surface area (Å²) in [7, 11) is 0. The number of amides is 1. The second-order valence-electron chi connectivity index (χ2n) is 4.60. The van der Waals surface area contributed by atoms with Gasteiger partial charge in [0.1, 0.15) is 11.3 Å². The van der Waals surface area contributed by atoms with E-state index in [0.29, 0.717) is 17.9 Å². The monoisotopic (exact) mass is 284 g/mol. The highest BCUT2D eigenvalue weighted by Crippen LogP contribution is 2.05. The van der Waals surface area contributed by atoms with Crippen LogP contribution in [-0.4, -0.2) is 17.4 Å². The Bertz CT molecular complexity index is 718. The molecule has 21 heavy (non-hydrogen) atoms. The molecule has 5 heteroatoms. The third kappa shape index (κ3) is 3.89. The average molecular weight is 284 g/mol. The van der Waals surface area contributed by atoms with Gasteiger partial charge in [-0.3, -0.25) is 9.78 Å². The molecule has 0 aliphatic rings. The van der Waals surface area contributed by atoms with Gasteiger partial charge in [-0.1, -0.05) is 18.2 Å². The Balaban J connectivity index is 2.00. The maximum atomic E-state index is 12.0. The lowest BCUT2D eigenvalue weighted by Gasteiger charge is -2.04. The molecule has 2 aromatic rings. The molecule has 0 atom stereocenters. The van der Waals surface area contributed by atoms with Crippen molar-refractivity contribution in [2.24, 2.45) is 0 Å². The third-order valence-electron chi connectivity index (χ3n) is 2.87. The van der Waals surface area contributed by atoms with Gasteiger partial charge in [-0.15, -0.1) is 0 Å². The van der Waals surface area contributed by atoms with Crippen LogP contribution >= 0.6 is 0 Å². The van der Waals surface area contributed by atoms with Crippen LogP contribution < -0.4 is 10.9 Å². The van der Waals surface area contributed by atoms with Gasteiger partial charge in [-0.05, 0) is 37.1 Å². The van der Waals surface area contributed by atoms with Crippen LogP contribution in [0.15, 0.2) is 45.9 Å². The van der Waals surface area contributed by atoms with Crippen molar-refractivity contribution < 1.29 is 9.21 Å². The lowest BCUT2D eigenvalue weighted by Crippen LogP contribution is -2.29. The van der Waals surface area contributed by atoms with E-state index in [2.05, 4.69) is 10.3 Å². The van der Waals surface area contributed by atoms with Crippen LogP contribution in [0.3, 0.4) is 0 Å². The summed E-state index contributed by atoms with van der Waals surface area (Å²) in [5.41, 5.74) is 0.992. The highest BCUT2D eigenvalue weighted by Gasteiger charge is 2.14. The Morgan fingerprint density at radius 3 is 2.90 bits per heavy atom. The average Bonchev–Trinajstić information content (AvgIpc) is 2.43. The standard InChI is InChI=1S/C16H16N2O3/c1-11-9-12(2)21-16(20)14(11)15(19)18-8-4-6-13-5-3-7-17-10-13/h3-7,9-10H,8H2,1-2H3,(H,18,19)/b6-4+. The molecule has 1 N–H and O–H groups in total. The summed E-state index contributed by atoms with van der Waals surface area (Å²) in [6.45, 7) is 3.71. The Kier molecular flexibility index (Phi) is 4.66. The van der Waals surface area contributed by atoms with Gasteiger partial charge in [0, 0.05) is 18.9 Å². The van der Waals surface area contributed by atoms with Crippen LogP contribution in [0.2, 0.25) is 0 Å². The number of hydrogen-bond donors (Lipinski definition) is 1. The van der Waals surface area contributed by atoms with Gasteiger partial charge >= 0.3 is 5.63 Å². The number of nitrogens with zero attached hydrogens (tertiary/aromatic N) is 1. The van der Waals surface area contributed by atoms with Crippen molar-refractivity contribution in [3.8, 4) is 0 Å². The van der Waals surface area contributed by atoms with E-state index in [1.54, 1.807) is 38.4 Å². The molecule has 0 aliphatic carbocycles. The minimum absolute atomic E-state index is 0.0513. The van der Waals surface area contributed by atoms with Gasteiger partial charge in [-0.25, -0.2) is 4.79 Å². The first-order valence-electron chi connectivity index (χ1n) is 6.54. The second kappa shape index (κ2) is 6.65. The maximum Gasteiger partial charge on any atom is 0.349 e. The Morgan fingerprint density at radius 2 is 2.24 bits per heavy atom. The topological polar surface area (TPSA) is 72.2 Å². The second-order valence-corrected chi connectivity index (χ2v) is 4.60. The lowest BCUT2D eigenvalue weighted by molar-refractivity contribution is 0.0953. The van der Waals surface area contributed by atoms with Crippen molar-refractivity contribution in [2.45, 2.75) is 13.8 Å². The first kappa shape index (κ1) is 14.7. The van der Waals surface area contributed by atoms with Crippen molar-refractivity contribution in [1.29, 1.82) is 0 Å². The zero-order chi connectivity index (χ0) is 15.2. The molecule has 2 rings (SSSR count). The molecule has 0 unspecified atom stereocenters. The summed E-state index contributed by atoms with van der Waals surface area (Å²) in [6.07, 6.45) is 7.05.